The summed E-state index contributed by atoms with van der Waals surface area (Å²) in [6.45, 7) is 0. The van der Waals surface area contributed by atoms with Gasteiger partial charge in [-0.15, -0.1) is 0 Å². The molecule has 0 amide bonds. The Morgan fingerprint density at radius 2 is 0.667 bits per heavy atom. The van der Waals surface area contributed by atoms with Crippen LogP contribution in [-0.4, -0.2) is 0 Å². The third-order valence-electron chi connectivity index (χ3n) is 3.04. The first-order valence-electron chi connectivity index (χ1n) is 6.40. The molecule has 110 valence electrons. The molecule has 0 nitrogen and oxygen atoms in total. The molecule has 0 atom stereocenters. The molecule has 0 spiro atoms. The molecule has 0 aromatic heterocycles. The molecule has 0 bridgehead atoms. The van der Waals surface area contributed by atoms with Crippen LogP contribution < -0.4 is 15.9 Å². The van der Waals surface area contributed by atoms with E-state index in [1.165, 1.54) is 15.9 Å². The molecule has 21 heavy (non-hydrogen) atoms. The van der Waals surface area contributed by atoms with Crippen LogP contribution in [-0.2, 0) is 20.4 Å². The van der Waals surface area contributed by atoms with Crippen LogP contribution in [0.1, 0.15) is 0 Å². The van der Waals surface area contributed by atoms with Gasteiger partial charge in [0, 0.05) is 20.4 Å². The minimum absolute atomic E-state index is 0. The summed E-state index contributed by atoms with van der Waals surface area (Å²) in [4.78, 5) is 0. The summed E-state index contributed by atoms with van der Waals surface area (Å²) in [5, 5.41) is 4.19. The minimum Gasteiger partial charge on any atom is -0.358 e. The van der Waals surface area contributed by atoms with Crippen LogP contribution in [0.4, 0.5) is 0 Å². The van der Waals surface area contributed by atoms with Gasteiger partial charge in [-0.2, -0.15) is 0 Å². The van der Waals surface area contributed by atoms with Crippen molar-refractivity contribution in [1.82, 2.24) is 0 Å². The van der Waals surface area contributed by atoms with Gasteiger partial charge in [0.2, 0.25) is 0 Å². The summed E-state index contributed by atoms with van der Waals surface area (Å²) in [5.41, 5.74) is 0. The molecule has 0 saturated heterocycles. The third kappa shape index (κ3) is 4.36. The molecule has 0 unspecified atom stereocenters. The van der Waals surface area contributed by atoms with Crippen molar-refractivity contribution < 1.29 is 20.4 Å². The molecule has 3 aromatic carbocycles. The van der Waals surface area contributed by atoms with Gasteiger partial charge in [0.1, 0.15) is 0 Å². The first kappa shape index (κ1) is 17.8. The van der Waals surface area contributed by atoms with Crippen LogP contribution >= 0.6 is 7.92 Å². The van der Waals surface area contributed by atoms with Crippen molar-refractivity contribution in [3.8, 4) is 0 Å². The van der Waals surface area contributed by atoms with Gasteiger partial charge in [0.15, 0.2) is 0 Å². The zero-order chi connectivity index (χ0) is 12.9. The normalized spacial score (nSPS) is 9.57. The Bertz CT molecular complexity index is 530. The maximum atomic E-state index is 2.23. The molecule has 0 aliphatic carbocycles. The van der Waals surface area contributed by atoms with Crippen LogP contribution in [0.2, 0.25) is 0 Å². The number of hydrogen-bond donors (Lipinski definition) is 0. The number of benzene rings is 3. The molecular formula is C19H18PPd-. The van der Waals surface area contributed by atoms with Gasteiger partial charge in [0.25, 0.3) is 0 Å². The molecule has 0 N–H and O–H groups in total. The van der Waals surface area contributed by atoms with E-state index in [1.54, 1.807) is 0 Å². The van der Waals surface area contributed by atoms with E-state index in [9.17, 15) is 0 Å². The second-order valence-electron chi connectivity index (χ2n) is 4.34. The van der Waals surface area contributed by atoms with E-state index in [-0.39, 0.29) is 27.8 Å². The molecule has 0 aliphatic rings. The Labute approximate surface area is 142 Å². The van der Waals surface area contributed by atoms with Gasteiger partial charge in [-0.25, -0.2) is 0 Å². The van der Waals surface area contributed by atoms with Crippen molar-refractivity contribution in [2.75, 3.05) is 0 Å². The fourth-order valence-electron chi connectivity index (χ4n) is 2.18. The van der Waals surface area contributed by atoms with E-state index in [1.807, 2.05) is 0 Å². The minimum atomic E-state index is -0.446. The summed E-state index contributed by atoms with van der Waals surface area (Å²) in [7, 11) is -0.446. The molecule has 3 aromatic rings. The van der Waals surface area contributed by atoms with E-state index in [0.717, 1.165) is 0 Å². The predicted molar refractivity (Wildman–Crippen MR) is 91.6 cm³/mol. The maximum absolute atomic E-state index is 2.23. The quantitative estimate of drug-likeness (QED) is 0.366. The van der Waals surface area contributed by atoms with Crippen LogP contribution in [0.25, 0.3) is 0 Å². The first-order chi connectivity index (χ1) is 9.45. The summed E-state index contributed by atoms with van der Waals surface area (Å²) in [6.07, 6.45) is 0. The topological polar surface area (TPSA) is 0 Å². The predicted octanol–water partition coefficient (Wildman–Crippen LogP) is 3.89. The fourth-order valence-corrected chi connectivity index (χ4v) is 4.48. The van der Waals surface area contributed by atoms with E-state index >= 15 is 0 Å². The SMILES string of the molecule is [CH3-].[Pd].c1ccc(P(c2ccccc2)c2ccccc2)cc1. The van der Waals surface area contributed by atoms with Gasteiger partial charge in [-0.05, 0) is 23.8 Å². The number of rotatable bonds is 3. The van der Waals surface area contributed by atoms with E-state index in [0.29, 0.717) is 0 Å². The van der Waals surface area contributed by atoms with Gasteiger partial charge in [0.05, 0.1) is 0 Å². The van der Waals surface area contributed by atoms with Gasteiger partial charge < -0.3 is 7.43 Å². The van der Waals surface area contributed by atoms with Crippen LogP contribution in [0.5, 0.6) is 0 Å². The third-order valence-corrected chi connectivity index (χ3v) is 5.49. The van der Waals surface area contributed by atoms with E-state index in [2.05, 4.69) is 91.0 Å². The van der Waals surface area contributed by atoms with E-state index in [4.69, 9.17) is 0 Å². The van der Waals surface area contributed by atoms with Crippen molar-refractivity contribution in [2.45, 2.75) is 0 Å². The average Bonchev–Trinajstić information content (AvgIpc) is 2.51. The molecule has 3 rings (SSSR count). The second-order valence-corrected chi connectivity index (χ2v) is 6.56. The molecule has 0 fully saturated rings. The maximum Gasteiger partial charge on any atom is 0 e. The van der Waals surface area contributed by atoms with Gasteiger partial charge >= 0.3 is 0 Å². The summed E-state index contributed by atoms with van der Waals surface area (Å²) >= 11 is 0. The largest absolute Gasteiger partial charge is 0.358 e. The van der Waals surface area contributed by atoms with Gasteiger partial charge in [-0.1, -0.05) is 91.0 Å². The smallest absolute Gasteiger partial charge is 0 e. The molecule has 2 heteroatoms. The Morgan fingerprint density at radius 3 is 0.905 bits per heavy atom. The number of hydrogen-bond acceptors (Lipinski definition) is 0. The standard InChI is InChI=1S/C18H15P.CH3.Pd/c1-4-10-16(11-5-1)19(17-12-6-2-7-13-17)18-14-8-3-9-15-18;;/h1-15H;1H3;/q;-1;. The van der Waals surface area contributed by atoms with Crippen molar-refractivity contribution in [2.24, 2.45) is 0 Å². The first-order valence-corrected chi connectivity index (χ1v) is 7.74. The zero-order valence-corrected chi connectivity index (χ0v) is 14.4. The Balaban J connectivity index is 0.00000110. The molecule has 0 heterocycles. The molecule has 0 radical (unpaired) electrons. The summed E-state index contributed by atoms with van der Waals surface area (Å²) in [6, 6.07) is 32.3. The second kappa shape index (κ2) is 8.91. The summed E-state index contributed by atoms with van der Waals surface area (Å²) < 4.78 is 0. The van der Waals surface area contributed by atoms with Crippen molar-refractivity contribution in [3.63, 3.8) is 0 Å². The zero-order valence-electron chi connectivity index (χ0n) is 11.9. The van der Waals surface area contributed by atoms with Crippen LogP contribution in [0.3, 0.4) is 0 Å². The molecule has 0 aliphatic heterocycles. The molecule has 0 saturated carbocycles. The monoisotopic (exact) mass is 383 g/mol. The van der Waals surface area contributed by atoms with Crippen molar-refractivity contribution in [1.29, 1.82) is 0 Å². The Kier molecular flexibility index (Phi) is 7.55. The summed E-state index contributed by atoms with van der Waals surface area (Å²) in [5.74, 6) is 0. The molecular weight excluding hydrogens is 366 g/mol. The Morgan fingerprint density at radius 1 is 0.429 bits per heavy atom. The fraction of sp³-hybridized carbons (Fsp3) is 0. The van der Waals surface area contributed by atoms with Crippen LogP contribution in [0, 0.1) is 7.43 Å². The van der Waals surface area contributed by atoms with Gasteiger partial charge in [-0.3, -0.25) is 0 Å². The van der Waals surface area contributed by atoms with Crippen molar-refractivity contribution in [3.05, 3.63) is 98.4 Å². The Hall–Kier alpha value is -1.25. The average molecular weight is 384 g/mol. The van der Waals surface area contributed by atoms with Crippen LogP contribution in [0.15, 0.2) is 91.0 Å². The van der Waals surface area contributed by atoms with E-state index < -0.39 is 7.92 Å². The van der Waals surface area contributed by atoms with Crippen molar-refractivity contribution >= 4 is 23.8 Å².